The van der Waals surface area contributed by atoms with Gasteiger partial charge >= 0.3 is 0 Å². The molecule has 1 aliphatic rings. The number of piperazine rings is 1. The Hall–Kier alpha value is -2.36. The van der Waals surface area contributed by atoms with E-state index in [0.717, 1.165) is 6.07 Å². The Morgan fingerprint density at radius 3 is 2.18 bits per heavy atom. The summed E-state index contributed by atoms with van der Waals surface area (Å²) >= 11 is -2.16. The molecule has 2 unspecified atom stereocenters. The summed E-state index contributed by atoms with van der Waals surface area (Å²) in [5.74, 6) is -1.32. The highest BCUT2D eigenvalue weighted by molar-refractivity contribution is 7.80. The van der Waals surface area contributed by atoms with Crippen LogP contribution in [0.25, 0.3) is 0 Å². The smallest absolute Gasteiger partial charge is 0.259 e. The van der Waals surface area contributed by atoms with E-state index < -0.39 is 22.9 Å². The molecule has 28 heavy (non-hydrogen) atoms. The van der Waals surface area contributed by atoms with E-state index in [0.29, 0.717) is 43.0 Å². The van der Waals surface area contributed by atoms with E-state index in [1.54, 1.807) is 29.2 Å². The van der Waals surface area contributed by atoms with Crippen molar-refractivity contribution < 1.29 is 22.3 Å². The Morgan fingerprint density at radius 2 is 1.64 bits per heavy atom. The van der Waals surface area contributed by atoms with E-state index >= 15 is 0 Å². The molecule has 0 aromatic heterocycles. The molecular formula is C19H21F2N3O3S. The number of nitrogens with zero attached hydrogens (tertiary/aromatic N) is 2. The molecule has 9 heteroatoms. The minimum Gasteiger partial charge on any atom is -0.336 e. The maximum absolute atomic E-state index is 13.5. The molecule has 0 spiro atoms. The molecule has 2 aromatic carbocycles. The predicted molar refractivity (Wildman–Crippen MR) is 103 cm³/mol. The van der Waals surface area contributed by atoms with Crippen LogP contribution in [-0.4, -0.2) is 50.6 Å². The second-order valence-electron chi connectivity index (χ2n) is 6.64. The van der Waals surface area contributed by atoms with E-state index in [4.69, 9.17) is 4.55 Å². The summed E-state index contributed by atoms with van der Waals surface area (Å²) in [4.78, 5) is 16.5. The van der Waals surface area contributed by atoms with Gasteiger partial charge in [-0.1, -0.05) is 0 Å². The molecule has 1 amide bonds. The molecule has 1 aliphatic heterocycles. The van der Waals surface area contributed by atoms with Crippen molar-refractivity contribution in [1.82, 2.24) is 9.80 Å². The Labute approximate surface area is 164 Å². The number of carbonyl (C=O) groups is 1. The number of amides is 1. The summed E-state index contributed by atoms with van der Waals surface area (Å²) in [7, 11) is 0. The normalized spacial score (nSPS) is 17.2. The SMILES string of the molecule is CC(c1cc(F)cc(F)c1)N1CCN(C(=O)c2ccc(NS(=O)O)cc2)CC1. The largest absolute Gasteiger partial charge is 0.336 e. The van der Waals surface area contributed by atoms with Crippen molar-refractivity contribution in [3.05, 3.63) is 65.2 Å². The first-order valence-electron chi connectivity index (χ1n) is 8.80. The van der Waals surface area contributed by atoms with Crippen LogP contribution in [0.15, 0.2) is 42.5 Å². The van der Waals surface area contributed by atoms with E-state index in [-0.39, 0.29) is 11.9 Å². The van der Waals surface area contributed by atoms with E-state index in [9.17, 15) is 17.8 Å². The van der Waals surface area contributed by atoms with Gasteiger partial charge in [0.2, 0.25) is 0 Å². The van der Waals surface area contributed by atoms with Gasteiger partial charge in [-0.25, -0.2) is 13.0 Å². The monoisotopic (exact) mass is 409 g/mol. The van der Waals surface area contributed by atoms with Gasteiger partial charge < -0.3 is 4.90 Å². The van der Waals surface area contributed by atoms with Gasteiger partial charge in [0.1, 0.15) is 11.6 Å². The number of hydrogen-bond donors (Lipinski definition) is 2. The van der Waals surface area contributed by atoms with Gasteiger partial charge in [-0.2, -0.15) is 0 Å². The highest BCUT2D eigenvalue weighted by atomic mass is 32.2. The number of benzene rings is 2. The maximum atomic E-state index is 13.5. The van der Waals surface area contributed by atoms with Crippen LogP contribution in [-0.2, 0) is 11.3 Å². The molecular weight excluding hydrogens is 388 g/mol. The zero-order valence-corrected chi connectivity index (χ0v) is 16.1. The van der Waals surface area contributed by atoms with Gasteiger partial charge in [-0.3, -0.25) is 19.0 Å². The molecule has 2 atom stereocenters. The molecule has 0 radical (unpaired) electrons. The minimum absolute atomic E-state index is 0.124. The predicted octanol–water partition coefficient (Wildman–Crippen LogP) is 3.03. The Kier molecular flexibility index (Phi) is 6.38. The second kappa shape index (κ2) is 8.76. The Bertz CT molecular complexity index is 851. The fourth-order valence-corrected chi connectivity index (χ4v) is 3.64. The van der Waals surface area contributed by atoms with Gasteiger partial charge in [0.25, 0.3) is 17.2 Å². The van der Waals surface area contributed by atoms with Gasteiger partial charge in [0.05, 0.1) is 0 Å². The fraction of sp³-hybridized carbons (Fsp3) is 0.316. The molecule has 1 saturated heterocycles. The van der Waals surface area contributed by atoms with Crippen molar-refractivity contribution in [3.8, 4) is 0 Å². The van der Waals surface area contributed by atoms with E-state index in [2.05, 4.69) is 9.62 Å². The van der Waals surface area contributed by atoms with Crippen molar-refractivity contribution in [3.63, 3.8) is 0 Å². The molecule has 2 N–H and O–H groups in total. The summed E-state index contributed by atoms with van der Waals surface area (Å²) in [6.07, 6.45) is 0. The third-order valence-electron chi connectivity index (χ3n) is 4.85. The standard InChI is InChI=1S/C19H21F2N3O3S/c1-13(15-10-16(20)12-17(21)11-15)23-6-8-24(9-7-23)19(25)14-2-4-18(5-3-14)22-28(26)27/h2-5,10-13,22H,6-9H2,1H3,(H,26,27). The topological polar surface area (TPSA) is 72.9 Å². The number of carbonyl (C=O) groups excluding carboxylic acids is 1. The highest BCUT2D eigenvalue weighted by Crippen LogP contribution is 2.24. The van der Waals surface area contributed by atoms with E-state index in [1.165, 1.54) is 12.1 Å². The first kappa shape index (κ1) is 20.4. The lowest BCUT2D eigenvalue weighted by Gasteiger charge is -2.38. The zero-order valence-electron chi connectivity index (χ0n) is 15.3. The molecule has 3 rings (SSSR count). The summed E-state index contributed by atoms with van der Waals surface area (Å²) in [6, 6.07) is 9.69. The molecule has 0 bridgehead atoms. The lowest BCUT2D eigenvalue weighted by molar-refractivity contribution is 0.0582. The van der Waals surface area contributed by atoms with Crippen LogP contribution in [0.3, 0.4) is 0 Å². The summed E-state index contributed by atoms with van der Waals surface area (Å²) in [5.41, 5.74) is 1.50. The van der Waals surface area contributed by atoms with Crippen molar-refractivity contribution >= 4 is 22.9 Å². The number of anilines is 1. The quantitative estimate of drug-likeness (QED) is 0.745. The van der Waals surface area contributed by atoms with E-state index in [1.807, 2.05) is 6.92 Å². The third kappa shape index (κ3) is 4.92. The molecule has 2 aromatic rings. The lowest BCUT2D eigenvalue weighted by atomic mass is 10.1. The van der Waals surface area contributed by atoms with Gasteiger partial charge in [-0.15, -0.1) is 0 Å². The van der Waals surface area contributed by atoms with Crippen molar-refractivity contribution in [1.29, 1.82) is 0 Å². The Balaban J connectivity index is 1.60. The second-order valence-corrected chi connectivity index (χ2v) is 7.34. The van der Waals surface area contributed by atoms with Crippen LogP contribution in [0, 0.1) is 11.6 Å². The molecule has 1 heterocycles. The van der Waals surface area contributed by atoms with Crippen LogP contribution < -0.4 is 4.72 Å². The third-order valence-corrected chi connectivity index (χ3v) is 5.26. The average Bonchev–Trinajstić information content (AvgIpc) is 2.66. The molecule has 1 fully saturated rings. The van der Waals surface area contributed by atoms with Crippen molar-refractivity contribution in [2.45, 2.75) is 13.0 Å². The minimum atomic E-state index is -2.16. The summed E-state index contributed by atoms with van der Waals surface area (Å²) in [5, 5.41) is 0. The molecule has 150 valence electrons. The van der Waals surface area contributed by atoms with Crippen LogP contribution in [0.4, 0.5) is 14.5 Å². The lowest BCUT2D eigenvalue weighted by Crippen LogP contribution is -2.49. The van der Waals surface area contributed by atoms with Crippen LogP contribution in [0.2, 0.25) is 0 Å². The van der Waals surface area contributed by atoms with Crippen LogP contribution in [0.5, 0.6) is 0 Å². The molecule has 0 aliphatic carbocycles. The van der Waals surface area contributed by atoms with Crippen molar-refractivity contribution in [2.75, 3.05) is 30.9 Å². The van der Waals surface area contributed by atoms with Crippen LogP contribution in [0.1, 0.15) is 28.9 Å². The van der Waals surface area contributed by atoms with Crippen molar-refractivity contribution in [2.24, 2.45) is 0 Å². The first-order chi connectivity index (χ1) is 13.3. The number of rotatable bonds is 5. The van der Waals surface area contributed by atoms with Gasteiger partial charge in [0.15, 0.2) is 0 Å². The number of halogens is 2. The Morgan fingerprint density at radius 1 is 1.07 bits per heavy atom. The number of hydrogen-bond acceptors (Lipinski definition) is 3. The van der Waals surface area contributed by atoms with Crippen LogP contribution >= 0.6 is 0 Å². The summed E-state index contributed by atoms with van der Waals surface area (Å²) < 4.78 is 48.8. The molecule has 6 nitrogen and oxygen atoms in total. The zero-order chi connectivity index (χ0) is 20.3. The van der Waals surface area contributed by atoms with Gasteiger partial charge in [0, 0.05) is 49.5 Å². The average molecular weight is 409 g/mol. The highest BCUT2D eigenvalue weighted by Gasteiger charge is 2.26. The maximum Gasteiger partial charge on any atom is 0.259 e. The first-order valence-corrected chi connectivity index (χ1v) is 9.91. The summed E-state index contributed by atoms with van der Waals surface area (Å²) in [6.45, 7) is 4.08. The molecule has 0 saturated carbocycles. The fourth-order valence-electron chi connectivity index (χ4n) is 3.30. The number of nitrogens with one attached hydrogen (secondary N) is 1. The van der Waals surface area contributed by atoms with Gasteiger partial charge in [-0.05, 0) is 48.9 Å².